The Bertz CT molecular complexity index is 411. The summed E-state index contributed by atoms with van der Waals surface area (Å²) >= 11 is 1.92. The predicted molar refractivity (Wildman–Crippen MR) is 93.9 cm³/mol. The zero-order valence-corrected chi connectivity index (χ0v) is 14.4. The number of hydrogen-bond acceptors (Lipinski definition) is 6. The molecule has 0 aliphatic rings. The molecule has 0 amide bonds. The maximum atomic E-state index is 5.54. The number of nitrogens with zero attached hydrogens (tertiary/aromatic N) is 2. The minimum absolute atomic E-state index is 0.718. The van der Waals surface area contributed by atoms with Crippen LogP contribution in [0.4, 0.5) is 11.6 Å². The van der Waals surface area contributed by atoms with Gasteiger partial charge in [-0.05, 0) is 38.2 Å². The number of hydrogen-bond donors (Lipinski definition) is 3. The molecule has 0 aromatic carbocycles. The quantitative estimate of drug-likeness (QED) is 0.330. The highest BCUT2D eigenvalue weighted by Gasteiger charge is 2.09. The van der Waals surface area contributed by atoms with Crippen molar-refractivity contribution in [2.24, 2.45) is 5.84 Å². The molecule has 1 rings (SSSR count). The number of nitrogens with one attached hydrogen (secondary N) is 2. The summed E-state index contributed by atoms with van der Waals surface area (Å²) in [6, 6.07) is 0. The number of nitrogen functional groups attached to an aromatic ring is 1. The fourth-order valence-corrected chi connectivity index (χ4v) is 2.64. The normalized spacial score (nSPS) is 10.7. The molecule has 5 nitrogen and oxygen atoms in total. The molecule has 0 fully saturated rings. The molecule has 0 unspecified atom stereocenters. The van der Waals surface area contributed by atoms with E-state index in [0.29, 0.717) is 0 Å². The molecule has 0 aliphatic heterocycles. The number of hydrazine groups is 1. The lowest BCUT2D eigenvalue weighted by atomic mass is 10.2. The first-order valence-electron chi connectivity index (χ1n) is 7.79. The van der Waals surface area contributed by atoms with E-state index in [0.717, 1.165) is 42.4 Å². The van der Waals surface area contributed by atoms with Crippen LogP contribution in [0.5, 0.6) is 0 Å². The van der Waals surface area contributed by atoms with Gasteiger partial charge in [-0.1, -0.05) is 19.8 Å². The summed E-state index contributed by atoms with van der Waals surface area (Å²) in [6.07, 6.45) is 9.13. The van der Waals surface area contributed by atoms with Crippen LogP contribution in [0.3, 0.4) is 0 Å². The van der Waals surface area contributed by atoms with Gasteiger partial charge in [0.05, 0.1) is 0 Å². The van der Waals surface area contributed by atoms with Crippen molar-refractivity contribution in [1.29, 1.82) is 0 Å². The van der Waals surface area contributed by atoms with Crippen molar-refractivity contribution in [1.82, 2.24) is 9.97 Å². The number of anilines is 2. The fraction of sp³-hybridized carbons (Fsp3) is 0.733. The number of aromatic nitrogens is 2. The van der Waals surface area contributed by atoms with E-state index in [1.807, 2.05) is 18.7 Å². The third-order valence-electron chi connectivity index (χ3n) is 3.37. The molecule has 6 heteroatoms. The van der Waals surface area contributed by atoms with Crippen LogP contribution in [-0.2, 0) is 6.42 Å². The van der Waals surface area contributed by atoms with Crippen LogP contribution in [0.15, 0.2) is 0 Å². The van der Waals surface area contributed by atoms with Crippen molar-refractivity contribution in [3.8, 4) is 0 Å². The van der Waals surface area contributed by atoms with Crippen LogP contribution in [-0.4, -0.2) is 28.5 Å². The van der Waals surface area contributed by atoms with Crippen molar-refractivity contribution in [3.63, 3.8) is 0 Å². The van der Waals surface area contributed by atoms with E-state index in [1.54, 1.807) is 0 Å². The van der Waals surface area contributed by atoms with Crippen molar-refractivity contribution < 1.29 is 0 Å². The standard InChI is InChI=1S/C15H29N5S/c1-4-9-13-18-14(12(2)15(19-13)20-16)17-10-7-5-6-8-11-21-3/h4-11,16H2,1-3H3,(H2,17,18,19,20). The zero-order chi connectivity index (χ0) is 15.5. The van der Waals surface area contributed by atoms with Gasteiger partial charge in [0.25, 0.3) is 0 Å². The molecule has 0 saturated carbocycles. The Morgan fingerprint density at radius 2 is 1.81 bits per heavy atom. The molecule has 0 radical (unpaired) electrons. The molecule has 4 N–H and O–H groups in total. The van der Waals surface area contributed by atoms with Gasteiger partial charge in [-0.2, -0.15) is 11.8 Å². The summed E-state index contributed by atoms with van der Waals surface area (Å²) in [5.41, 5.74) is 3.65. The second kappa shape index (κ2) is 10.7. The SMILES string of the molecule is CCCc1nc(NN)c(C)c(NCCCCCCSC)n1. The van der Waals surface area contributed by atoms with Gasteiger partial charge >= 0.3 is 0 Å². The highest BCUT2D eigenvalue weighted by atomic mass is 32.2. The molecular formula is C15H29N5S. The number of unbranched alkanes of at least 4 members (excludes halogenated alkanes) is 3. The minimum atomic E-state index is 0.718. The average molecular weight is 311 g/mol. The Balaban J connectivity index is 2.47. The van der Waals surface area contributed by atoms with Crippen molar-refractivity contribution >= 4 is 23.4 Å². The van der Waals surface area contributed by atoms with Crippen LogP contribution in [0.25, 0.3) is 0 Å². The molecule has 1 aromatic rings. The highest BCUT2D eigenvalue weighted by Crippen LogP contribution is 2.19. The molecule has 0 atom stereocenters. The molecule has 0 saturated heterocycles. The summed E-state index contributed by atoms with van der Waals surface area (Å²) in [4.78, 5) is 9.03. The minimum Gasteiger partial charge on any atom is -0.370 e. The summed E-state index contributed by atoms with van der Waals surface area (Å²) < 4.78 is 0. The zero-order valence-electron chi connectivity index (χ0n) is 13.5. The van der Waals surface area contributed by atoms with Crippen LogP contribution < -0.4 is 16.6 Å². The average Bonchev–Trinajstić information content (AvgIpc) is 2.49. The Morgan fingerprint density at radius 3 is 2.48 bits per heavy atom. The second-order valence-corrected chi connectivity index (χ2v) is 6.18. The van der Waals surface area contributed by atoms with E-state index in [1.165, 1.54) is 31.4 Å². The molecule has 120 valence electrons. The number of nitrogens with two attached hydrogens (primary N) is 1. The van der Waals surface area contributed by atoms with Crippen LogP contribution in [0, 0.1) is 6.92 Å². The number of aryl methyl sites for hydroxylation is 1. The maximum absolute atomic E-state index is 5.54. The highest BCUT2D eigenvalue weighted by molar-refractivity contribution is 7.98. The van der Waals surface area contributed by atoms with E-state index in [2.05, 4.69) is 33.9 Å². The molecule has 1 heterocycles. The molecular weight excluding hydrogens is 282 g/mol. The van der Waals surface area contributed by atoms with Gasteiger partial charge in [0.15, 0.2) is 0 Å². The summed E-state index contributed by atoms with van der Waals surface area (Å²) in [5.74, 6) is 9.28. The van der Waals surface area contributed by atoms with Crippen molar-refractivity contribution in [2.45, 2.75) is 52.4 Å². The van der Waals surface area contributed by atoms with Gasteiger partial charge in [0, 0.05) is 18.5 Å². The number of rotatable bonds is 11. The van der Waals surface area contributed by atoms with E-state index < -0.39 is 0 Å². The van der Waals surface area contributed by atoms with Crippen molar-refractivity contribution in [2.75, 3.05) is 29.3 Å². The Kier molecular flexibility index (Phi) is 9.17. The van der Waals surface area contributed by atoms with Crippen molar-refractivity contribution in [3.05, 3.63) is 11.4 Å². The molecule has 1 aromatic heterocycles. The largest absolute Gasteiger partial charge is 0.370 e. The third-order valence-corrected chi connectivity index (χ3v) is 4.07. The van der Waals surface area contributed by atoms with Gasteiger partial charge < -0.3 is 10.7 Å². The lowest BCUT2D eigenvalue weighted by Gasteiger charge is -2.13. The lowest BCUT2D eigenvalue weighted by molar-refractivity contribution is 0.687. The summed E-state index contributed by atoms with van der Waals surface area (Å²) in [7, 11) is 0. The summed E-state index contributed by atoms with van der Waals surface area (Å²) in [5, 5.41) is 3.43. The first kappa shape index (κ1) is 18.0. The molecule has 0 spiro atoms. The third kappa shape index (κ3) is 6.52. The Hall–Kier alpha value is -1.01. The first-order valence-corrected chi connectivity index (χ1v) is 9.19. The first-order chi connectivity index (χ1) is 10.2. The smallest absolute Gasteiger partial charge is 0.148 e. The Labute approximate surface area is 132 Å². The monoisotopic (exact) mass is 311 g/mol. The molecule has 21 heavy (non-hydrogen) atoms. The van der Waals surface area contributed by atoms with Gasteiger partial charge in [-0.3, -0.25) is 0 Å². The van der Waals surface area contributed by atoms with E-state index in [9.17, 15) is 0 Å². The Morgan fingerprint density at radius 1 is 1.10 bits per heavy atom. The fourth-order valence-electron chi connectivity index (χ4n) is 2.14. The maximum Gasteiger partial charge on any atom is 0.148 e. The molecule has 0 bridgehead atoms. The predicted octanol–water partition coefficient (Wildman–Crippen LogP) is 3.36. The van der Waals surface area contributed by atoms with E-state index >= 15 is 0 Å². The summed E-state index contributed by atoms with van der Waals surface area (Å²) in [6.45, 7) is 5.07. The van der Waals surface area contributed by atoms with Gasteiger partial charge in [0.2, 0.25) is 0 Å². The van der Waals surface area contributed by atoms with Gasteiger partial charge in [-0.25, -0.2) is 15.8 Å². The van der Waals surface area contributed by atoms with Crippen LogP contribution >= 0.6 is 11.8 Å². The van der Waals surface area contributed by atoms with Gasteiger partial charge in [-0.15, -0.1) is 0 Å². The van der Waals surface area contributed by atoms with Crippen LogP contribution in [0.1, 0.15) is 50.4 Å². The van der Waals surface area contributed by atoms with E-state index in [-0.39, 0.29) is 0 Å². The second-order valence-electron chi connectivity index (χ2n) is 5.19. The van der Waals surface area contributed by atoms with E-state index in [4.69, 9.17) is 5.84 Å². The topological polar surface area (TPSA) is 75.9 Å². The number of thioether (sulfide) groups is 1. The van der Waals surface area contributed by atoms with Gasteiger partial charge in [0.1, 0.15) is 17.5 Å². The lowest BCUT2D eigenvalue weighted by Crippen LogP contribution is -2.15. The van der Waals surface area contributed by atoms with Crippen LogP contribution in [0.2, 0.25) is 0 Å². The molecule has 0 aliphatic carbocycles.